The summed E-state index contributed by atoms with van der Waals surface area (Å²) < 4.78 is 26.6. The SMILES string of the molecule is CC(C)CN(CCC(N)=S)S(=O)(=O)c1cccs1. The average molecular weight is 306 g/mol. The van der Waals surface area contributed by atoms with E-state index in [1.807, 2.05) is 13.8 Å². The highest BCUT2D eigenvalue weighted by molar-refractivity contribution is 7.91. The van der Waals surface area contributed by atoms with Crippen LogP contribution in [0, 0.1) is 5.92 Å². The molecular formula is C11H18N2O2S3. The van der Waals surface area contributed by atoms with Crippen LogP contribution in [0.3, 0.4) is 0 Å². The molecule has 0 spiro atoms. The molecule has 1 aromatic heterocycles. The van der Waals surface area contributed by atoms with Gasteiger partial charge in [0.15, 0.2) is 0 Å². The van der Waals surface area contributed by atoms with Gasteiger partial charge in [0.1, 0.15) is 4.21 Å². The highest BCUT2D eigenvalue weighted by Gasteiger charge is 2.25. The second-order valence-electron chi connectivity index (χ2n) is 4.41. The molecule has 7 heteroatoms. The van der Waals surface area contributed by atoms with E-state index in [2.05, 4.69) is 0 Å². The van der Waals surface area contributed by atoms with Crippen molar-refractivity contribution in [1.82, 2.24) is 4.31 Å². The summed E-state index contributed by atoms with van der Waals surface area (Å²) in [5.74, 6) is 0.256. The summed E-state index contributed by atoms with van der Waals surface area (Å²) >= 11 is 6.04. The van der Waals surface area contributed by atoms with Crippen molar-refractivity contribution in [3.8, 4) is 0 Å². The number of sulfonamides is 1. The van der Waals surface area contributed by atoms with E-state index in [4.69, 9.17) is 18.0 Å². The second kappa shape index (κ2) is 6.60. The third-order valence-corrected chi connectivity index (χ3v) is 5.71. The number of hydrogen-bond acceptors (Lipinski definition) is 4. The van der Waals surface area contributed by atoms with E-state index in [-0.39, 0.29) is 5.92 Å². The van der Waals surface area contributed by atoms with E-state index >= 15 is 0 Å². The minimum atomic E-state index is -3.41. The highest BCUT2D eigenvalue weighted by atomic mass is 32.2. The summed E-state index contributed by atoms with van der Waals surface area (Å²) in [6.45, 7) is 4.78. The molecule has 0 saturated heterocycles. The Morgan fingerprint density at radius 1 is 1.56 bits per heavy atom. The van der Waals surface area contributed by atoms with Gasteiger partial charge in [0.25, 0.3) is 10.0 Å². The summed E-state index contributed by atoms with van der Waals surface area (Å²) in [4.78, 5) is 0.338. The van der Waals surface area contributed by atoms with Gasteiger partial charge in [0.2, 0.25) is 0 Å². The zero-order valence-corrected chi connectivity index (χ0v) is 12.9. The van der Waals surface area contributed by atoms with Crippen LogP contribution in [0.5, 0.6) is 0 Å². The second-order valence-corrected chi connectivity index (χ2v) is 8.04. The predicted molar refractivity (Wildman–Crippen MR) is 79.3 cm³/mol. The lowest BCUT2D eigenvalue weighted by Gasteiger charge is -2.22. The van der Waals surface area contributed by atoms with Gasteiger partial charge in [-0.1, -0.05) is 32.1 Å². The van der Waals surface area contributed by atoms with Crippen molar-refractivity contribution in [2.75, 3.05) is 13.1 Å². The fourth-order valence-corrected chi connectivity index (χ4v) is 4.33. The first-order valence-electron chi connectivity index (χ1n) is 5.66. The highest BCUT2D eigenvalue weighted by Crippen LogP contribution is 2.22. The molecule has 0 radical (unpaired) electrons. The van der Waals surface area contributed by atoms with Crippen molar-refractivity contribution in [3.63, 3.8) is 0 Å². The zero-order valence-electron chi connectivity index (χ0n) is 10.5. The Labute approximate surface area is 118 Å². The van der Waals surface area contributed by atoms with Crippen LogP contribution >= 0.6 is 23.6 Å². The number of thiophene rings is 1. The van der Waals surface area contributed by atoms with Crippen molar-refractivity contribution in [2.45, 2.75) is 24.5 Å². The standard InChI is InChI=1S/C11H18N2O2S3/c1-9(2)8-13(6-5-10(12)16)18(14,15)11-4-3-7-17-11/h3-4,7,9H,5-6,8H2,1-2H3,(H2,12,16). The van der Waals surface area contributed by atoms with E-state index in [1.54, 1.807) is 17.5 Å². The topological polar surface area (TPSA) is 63.4 Å². The molecular weight excluding hydrogens is 288 g/mol. The molecule has 0 bridgehead atoms. The minimum Gasteiger partial charge on any atom is -0.393 e. The summed E-state index contributed by atoms with van der Waals surface area (Å²) in [6.07, 6.45) is 0.409. The van der Waals surface area contributed by atoms with Crippen molar-refractivity contribution in [2.24, 2.45) is 11.7 Å². The maximum absolute atomic E-state index is 12.4. The lowest BCUT2D eigenvalue weighted by molar-refractivity contribution is 0.375. The third kappa shape index (κ3) is 4.31. The predicted octanol–water partition coefficient (Wildman–Crippen LogP) is 2.07. The molecule has 18 heavy (non-hydrogen) atoms. The van der Waals surface area contributed by atoms with Crippen molar-refractivity contribution in [1.29, 1.82) is 0 Å². The Kier molecular flexibility index (Phi) is 5.71. The first-order valence-corrected chi connectivity index (χ1v) is 8.38. The van der Waals surface area contributed by atoms with Gasteiger partial charge in [-0.3, -0.25) is 0 Å². The number of nitrogens with two attached hydrogens (primary N) is 1. The first-order chi connectivity index (χ1) is 8.34. The Morgan fingerprint density at radius 2 is 2.22 bits per heavy atom. The molecule has 0 unspecified atom stereocenters. The van der Waals surface area contributed by atoms with Gasteiger partial charge < -0.3 is 5.73 Å². The van der Waals surface area contributed by atoms with Crippen LogP contribution in [0.15, 0.2) is 21.7 Å². The maximum atomic E-state index is 12.4. The summed E-state index contributed by atoms with van der Waals surface area (Å²) in [7, 11) is -3.41. The van der Waals surface area contributed by atoms with E-state index < -0.39 is 10.0 Å². The minimum absolute atomic E-state index is 0.256. The molecule has 102 valence electrons. The largest absolute Gasteiger partial charge is 0.393 e. The number of hydrogen-bond donors (Lipinski definition) is 1. The van der Waals surface area contributed by atoms with Crippen LogP contribution in [0.1, 0.15) is 20.3 Å². The number of thiocarbonyl (C=S) groups is 1. The van der Waals surface area contributed by atoms with Crippen LogP contribution in [0.2, 0.25) is 0 Å². The van der Waals surface area contributed by atoms with Crippen LogP contribution in [-0.2, 0) is 10.0 Å². The Balaban J connectivity index is 2.91. The van der Waals surface area contributed by atoms with Crippen LogP contribution < -0.4 is 5.73 Å². The average Bonchev–Trinajstić information content (AvgIpc) is 2.76. The normalized spacial score (nSPS) is 12.2. The molecule has 1 aromatic rings. The van der Waals surface area contributed by atoms with E-state index in [1.165, 1.54) is 15.6 Å². The van der Waals surface area contributed by atoms with Crippen molar-refractivity contribution in [3.05, 3.63) is 17.5 Å². The van der Waals surface area contributed by atoms with E-state index in [0.29, 0.717) is 28.7 Å². The molecule has 0 fully saturated rings. The van der Waals surface area contributed by atoms with Gasteiger partial charge in [-0.05, 0) is 17.4 Å². The molecule has 4 nitrogen and oxygen atoms in total. The lowest BCUT2D eigenvalue weighted by Crippen LogP contribution is -2.36. The molecule has 0 atom stereocenters. The van der Waals surface area contributed by atoms with Gasteiger partial charge >= 0.3 is 0 Å². The van der Waals surface area contributed by atoms with Gasteiger partial charge in [0, 0.05) is 19.5 Å². The molecule has 0 aliphatic carbocycles. The van der Waals surface area contributed by atoms with Gasteiger partial charge in [-0.15, -0.1) is 11.3 Å². The first kappa shape index (κ1) is 15.6. The zero-order chi connectivity index (χ0) is 13.8. The molecule has 0 aliphatic rings. The van der Waals surface area contributed by atoms with Gasteiger partial charge in [-0.2, -0.15) is 4.31 Å². The van der Waals surface area contributed by atoms with E-state index in [0.717, 1.165) is 0 Å². The van der Waals surface area contributed by atoms with E-state index in [9.17, 15) is 8.42 Å². The van der Waals surface area contributed by atoms with Crippen molar-refractivity contribution < 1.29 is 8.42 Å². The van der Waals surface area contributed by atoms with Crippen LogP contribution in [-0.4, -0.2) is 30.8 Å². The smallest absolute Gasteiger partial charge is 0.252 e. The molecule has 0 saturated carbocycles. The Morgan fingerprint density at radius 3 is 2.67 bits per heavy atom. The number of nitrogens with zero attached hydrogens (tertiary/aromatic N) is 1. The fraction of sp³-hybridized carbons (Fsp3) is 0.545. The van der Waals surface area contributed by atoms with Crippen molar-refractivity contribution >= 4 is 38.6 Å². The molecule has 0 aromatic carbocycles. The monoisotopic (exact) mass is 306 g/mol. The maximum Gasteiger partial charge on any atom is 0.252 e. The third-order valence-electron chi connectivity index (χ3n) is 2.27. The summed E-state index contributed by atoms with van der Waals surface area (Å²) in [5, 5.41) is 1.76. The Hall–Kier alpha value is -0.500. The number of rotatable bonds is 7. The lowest BCUT2D eigenvalue weighted by atomic mass is 10.2. The molecule has 0 amide bonds. The quantitative estimate of drug-likeness (QED) is 0.783. The molecule has 2 N–H and O–H groups in total. The molecule has 1 heterocycles. The van der Waals surface area contributed by atoms with Gasteiger partial charge in [-0.25, -0.2) is 8.42 Å². The summed E-state index contributed by atoms with van der Waals surface area (Å²) in [6, 6.07) is 3.35. The fourth-order valence-electron chi connectivity index (χ4n) is 1.49. The molecule has 1 rings (SSSR count). The summed E-state index contributed by atoms with van der Waals surface area (Å²) in [5.41, 5.74) is 5.45. The van der Waals surface area contributed by atoms with Crippen LogP contribution in [0.25, 0.3) is 0 Å². The van der Waals surface area contributed by atoms with Crippen LogP contribution in [0.4, 0.5) is 0 Å². The molecule has 0 aliphatic heterocycles. The van der Waals surface area contributed by atoms with Gasteiger partial charge in [0.05, 0.1) is 4.99 Å². The Bertz CT molecular complexity index is 480.